The molecule has 0 aromatic heterocycles. The number of rotatable bonds is 6. The number of benzene rings is 3. The Balaban J connectivity index is 1.79. The Labute approximate surface area is 171 Å². The zero-order valence-corrected chi connectivity index (χ0v) is 17.4. The van der Waals surface area contributed by atoms with Gasteiger partial charge in [-0.15, -0.1) is 0 Å². The van der Waals surface area contributed by atoms with Crippen LogP contribution in [0.4, 0.5) is 5.69 Å². The van der Waals surface area contributed by atoms with Crippen LogP contribution in [-0.2, 0) is 6.61 Å². The van der Waals surface area contributed by atoms with Gasteiger partial charge >= 0.3 is 0 Å². The fourth-order valence-corrected chi connectivity index (χ4v) is 3.02. The topological polar surface area (TPSA) is 30.8 Å². The molecule has 0 saturated heterocycles. The highest BCUT2D eigenvalue weighted by molar-refractivity contribution is 6.32. The number of halogens is 1. The molecule has 0 saturated carbocycles. The van der Waals surface area contributed by atoms with Crippen molar-refractivity contribution in [3.63, 3.8) is 0 Å². The van der Waals surface area contributed by atoms with Gasteiger partial charge in [0.1, 0.15) is 6.61 Å². The summed E-state index contributed by atoms with van der Waals surface area (Å²) in [6.45, 7) is 6.65. The maximum absolute atomic E-state index is 6.47. The highest BCUT2D eigenvalue weighted by Crippen LogP contribution is 2.36. The molecule has 0 heterocycles. The molecule has 0 radical (unpaired) electrons. The highest BCUT2D eigenvalue weighted by atomic mass is 35.5. The molecule has 0 aliphatic carbocycles. The minimum absolute atomic E-state index is 0.423. The standard InChI is InChI=1S/C24H24ClNO2/c1-16-5-8-19(9-6-16)15-28-24-22(25)12-20(13-23(24)27-4)14-26-21-10-7-17(2)18(3)11-21/h5-14H,15H2,1-4H3. The van der Waals surface area contributed by atoms with Gasteiger partial charge in [0.15, 0.2) is 11.5 Å². The Morgan fingerprint density at radius 2 is 1.68 bits per heavy atom. The average molecular weight is 394 g/mol. The molecule has 0 aliphatic heterocycles. The molecule has 144 valence electrons. The van der Waals surface area contributed by atoms with E-state index in [-0.39, 0.29) is 0 Å². The van der Waals surface area contributed by atoms with Crippen LogP contribution in [0, 0.1) is 20.8 Å². The van der Waals surface area contributed by atoms with Crippen LogP contribution in [0.25, 0.3) is 0 Å². The molecule has 4 heteroatoms. The minimum atomic E-state index is 0.423. The second kappa shape index (κ2) is 8.94. The van der Waals surface area contributed by atoms with Gasteiger partial charge in [-0.3, -0.25) is 4.99 Å². The van der Waals surface area contributed by atoms with E-state index < -0.39 is 0 Å². The molecular weight excluding hydrogens is 370 g/mol. The van der Waals surface area contributed by atoms with Gasteiger partial charge in [0, 0.05) is 6.21 Å². The average Bonchev–Trinajstić information content (AvgIpc) is 2.69. The van der Waals surface area contributed by atoms with Crippen molar-refractivity contribution in [3.05, 3.63) is 87.4 Å². The SMILES string of the molecule is COc1cc(C=Nc2ccc(C)c(C)c2)cc(Cl)c1OCc1ccc(C)cc1. The fourth-order valence-electron chi connectivity index (χ4n) is 2.75. The Hall–Kier alpha value is -2.78. The van der Waals surface area contributed by atoms with Gasteiger partial charge in [-0.1, -0.05) is 47.5 Å². The maximum Gasteiger partial charge on any atom is 0.180 e. The van der Waals surface area contributed by atoms with E-state index in [0.29, 0.717) is 23.1 Å². The lowest BCUT2D eigenvalue weighted by Crippen LogP contribution is -1.99. The van der Waals surface area contributed by atoms with Crippen molar-refractivity contribution >= 4 is 23.5 Å². The highest BCUT2D eigenvalue weighted by Gasteiger charge is 2.12. The van der Waals surface area contributed by atoms with Gasteiger partial charge in [-0.25, -0.2) is 0 Å². The van der Waals surface area contributed by atoms with Gasteiger partial charge in [0.2, 0.25) is 0 Å². The normalized spacial score (nSPS) is 11.0. The Morgan fingerprint density at radius 1 is 0.929 bits per heavy atom. The largest absolute Gasteiger partial charge is 0.493 e. The number of ether oxygens (including phenoxy) is 2. The summed E-state index contributed by atoms with van der Waals surface area (Å²) in [5.74, 6) is 1.12. The number of hydrogen-bond acceptors (Lipinski definition) is 3. The lowest BCUT2D eigenvalue weighted by Gasteiger charge is -2.13. The molecule has 3 aromatic rings. The van der Waals surface area contributed by atoms with Crippen molar-refractivity contribution in [1.82, 2.24) is 0 Å². The van der Waals surface area contributed by atoms with Crippen LogP contribution < -0.4 is 9.47 Å². The molecule has 0 bridgehead atoms. The number of aliphatic imine (C=N–C) groups is 1. The van der Waals surface area contributed by atoms with E-state index in [2.05, 4.69) is 50.0 Å². The third-order valence-electron chi connectivity index (χ3n) is 4.61. The Kier molecular flexibility index (Phi) is 6.37. The molecule has 3 nitrogen and oxygen atoms in total. The van der Waals surface area contributed by atoms with Crippen molar-refractivity contribution in [2.24, 2.45) is 4.99 Å². The smallest absolute Gasteiger partial charge is 0.180 e. The molecule has 3 aromatic carbocycles. The summed E-state index contributed by atoms with van der Waals surface area (Å²) >= 11 is 6.47. The third-order valence-corrected chi connectivity index (χ3v) is 4.89. The van der Waals surface area contributed by atoms with Crippen LogP contribution in [0.3, 0.4) is 0 Å². The minimum Gasteiger partial charge on any atom is -0.493 e. The van der Waals surface area contributed by atoms with Crippen molar-refractivity contribution in [3.8, 4) is 11.5 Å². The molecule has 0 unspecified atom stereocenters. The Morgan fingerprint density at radius 3 is 2.36 bits per heavy atom. The first-order chi connectivity index (χ1) is 13.5. The zero-order valence-electron chi connectivity index (χ0n) is 16.6. The van der Waals surface area contributed by atoms with Crippen molar-refractivity contribution < 1.29 is 9.47 Å². The summed E-state index contributed by atoms with van der Waals surface area (Å²) < 4.78 is 11.4. The summed E-state index contributed by atoms with van der Waals surface area (Å²) in [7, 11) is 1.61. The quantitative estimate of drug-likeness (QED) is 0.441. The van der Waals surface area contributed by atoms with E-state index in [4.69, 9.17) is 21.1 Å². The summed E-state index contributed by atoms with van der Waals surface area (Å²) in [6.07, 6.45) is 1.78. The van der Waals surface area contributed by atoms with Crippen LogP contribution in [0.2, 0.25) is 5.02 Å². The van der Waals surface area contributed by atoms with Gasteiger partial charge in [-0.2, -0.15) is 0 Å². The zero-order chi connectivity index (χ0) is 20.1. The second-order valence-corrected chi connectivity index (χ2v) is 7.24. The van der Waals surface area contributed by atoms with Gasteiger partial charge < -0.3 is 9.47 Å². The third kappa shape index (κ3) is 4.93. The molecule has 0 N–H and O–H groups in total. The second-order valence-electron chi connectivity index (χ2n) is 6.84. The lowest BCUT2D eigenvalue weighted by atomic mass is 10.1. The van der Waals surface area contributed by atoms with E-state index in [0.717, 1.165) is 16.8 Å². The number of nitrogens with zero attached hydrogens (tertiary/aromatic N) is 1. The summed E-state index contributed by atoms with van der Waals surface area (Å²) in [6, 6.07) is 18.0. The van der Waals surface area contributed by atoms with Gasteiger partial charge in [-0.05, 0) is 67.3 Å². The van der Waals surface area contributed by atoms with Crippen molar-refractivity contribution in [1.29, 1.82) is 0 Å². The fraction of sp³-hybridized carbons (Fsp3) is 0.208. The molecule has 0 aliphatic rings. The Bertz CT molecular complexity index is 994. The van der Waals surface area contributed by atoms with Gasteiger partial charge in [0.25, 0.3) is 0 Å². The summed E-state index contributed by atoms with van der Waals surface area (Å²) in [5.41, 5.74) is 6.50. The number of aryl methyl sites for hydroxylation is 3. The van der Waals surface area contributed by atoms with Crippen LogP contribution in [-0.4, -0.2) is 13.3 Å². The van der Waals surface area contributed by atoms with Crippen LogP contribution in [0.1, 0.15) is 27.8 Å². The first-order valence-electron chi connectivity index (χ1n) is 9.13. The predicted octanol–water partition coefficient (Wildman–Crippen LogP) is 6.60. The number of hydrogen-bond donors (Lipinski definition) is 0. The molecule has 28 heavy (non-hydrogen) atoms. The van der Waals surface area contributed by atoms with Crippen LogP contribution in [0.5, 0.6) is 11.5 Å². The van der Waals surface area contributed by atoms with E-state index in [9.17, 15) is 0 Å². The van der Waals surface area contributed by atoms with Gasteiger partial charge in [0.05, 0.1) is 17.8 Å². The molecular formula is C24H24ClNO2. The molecule has 3 rings (SSSR count). The van der Waals surface area contributed by atoms with Crippen LogP contribution in [0.15, 0.2) is 59.6 Å². The molecule has 0 amide bonds. The van der Waals surface area contributed by atoms with Crippen LogP contribution >= 0.6 is 11.6 Å². The molecule has 0 atom stereocenters. The monoisotopic (exact) mass is 393 g/mol. The van der Waals surface area contributed by atoms with E-state index in [1.54, 1.807) is 13.3 Å². The lowest BCUT2D eigenvalue weighted by molar-refractivity contribution is 0.284. The summed E-state index contributed by atoms with van der Waals surface area (Å²) in [5, 5.41) is 0.494. The number of methoxy groups -OCH3 is 1. The maximum atomic E-state index is 6.47. The molecule has 0 spiro atoms. The van der Waals surface area contributed by atoms with E-state index in [1.807, 2.05) is 30.3 Å². The van der Waals surface area contributed by atoms with E-state index >= 15 is 0 Å². The first-order valence-corrected chi connectivity index (χ1v) is 9.51. The van der Waals surface area contributed by atoms with Crippen molar-refractivity contribution in [2.75, 3.05) is 7.11 Å². The van der Waals surface area contributed by atoms with E-state index in [1.165, 1.54) is 16.7 Å². The first kappa shape index (κ1) is 20.0. The van der Waals surface area contributed by atoms with Crippen molar-refractivity contribution in [2.45, 2.75) is 27.4 Å². The predicted molar refractivity (Wildman–Crippen MR) is 117 cm³/mol. The summed E-state index contributed by atoms with van der Waals surface area (Å²) in [4.78, 5) is 4.55. The molecule has 0 fully saturated rings.